The van der Waals surface area contributed by atoms with Gasteiger partial charge in [-0.3, -0.25) is 0 Å². The van der Waals surface area contributed by atoms with Crippen molar-refractivity contribution < 1.29 is 12.3 Å². The summed E-state index contributed by atoms with van der Waals surface area (Å²) in [7, 11) is -3.47. The van der Waals surface area contributed by atoms with Gasteiger partial charge in [-0.05, 0) is 12.8 Å². The number of hydrogen-bond donors (Lipinski definition) is 0. The predicted molar refractivity (Wildman–Crippen MR) is 59.1 cm³/mol. The smallest absolute Gasteiger partial charge is 0.314 e. The Hall–Kier alpha value is -1.02. The van der Waals surface area contributed by atoms with E-state index in [0.29, 0.717) is 10.1 Å². The first-order chi connectivity index (χ1) is 7.98. The van der Waals surface area contributed by atoms with E-state index in [4.69, 9.17) is 0 Å². The lowest BCUT2D eigenvalue weighted by molar-refractivity contribution is 0.412. The number of aryl methyl sites for hydroxylation is 1. The van der Waals surface area contributed by atoms with Crippen LogP contribution in [0, 0.1) is 0 Å². The number of fused-ring (bicyclic) bond motifs is 1. The summed E-state index contributed by atoms with van der Waals surface area (Å²) in [6, 6.07) is 0. The highest BCUT2D eigenvalue weighted by Gasteiger charge is 2.21. The third-order valence-electron chi connectivity index (χ3n) is 2.92. The fraction of sp³-hybridized carbons (Fsp3) is 0.778. The highest BCUT2D eigenvalue weighted by atomic mass is 32.3. The summed E-state index contributed by atoms with van der Waals surface area (Å²) >= 11 is 0. The van der Waals surface area contributed by atoms with Gasteiger partial charge in [0.25, 0.3) is 0 Å². The van der Waals surface area contributed by atoms with Crippen LogP contribution in [0.2, 0.25) is 0 Å². The van der Waals surface area contributed by atoms with Gasteiger partial charge in [0.1, 0.15) is 11.6 Å². The van der Waals surface area contributed by atoms with Gasteiger partial charge in [-0.2, -0.15) is 12.7 Å². The van der Waals surface area contributed by atoms with E-state index < -0.39 is 10.4 Å². The predicted octanol–water partition coefficient (Wildman–Crippen LogP) is 0.651. The molecule has 2 rings (SSSR count). The Labute approximate surface area is 99.8 Å². The molecule has 0 aromatic carbocycles. The Morgan fingerprint density at radius 1 is 1.35 bits per heavy atom. The molecule has 17 heavy (non-hydrogen) atoms. The molecule has 0 spiro atoms. The first-order valence-corrected chi connectivity index (χ1v) is 6.89. The van der Waals surface area contributed by atoms with Crippen LogP contribution >= 0.6 is 0 Å². The minimum absolute atomic E-state index is 0.0775. The lowest BCUT2D eigenvalue weighted by Crippen LogP contribution is -2.24. The summed E-state index contributed by atoms with van der Waals surface area (Å²) in [5.74, 6) is 1.37. The molecule has 0 radical (unpaired) electrons. The van der Waals surface area contributed by atoms with Crippen LogP contribution in [-0.4, -0.2) is 34.5 Å². The Bertz CT molecular complexity index is 499. The molecule has 1 aromatic rings. The van der Waals surface area contributed by atoms with E-state index >= 15 is 0 Å². The van der Waals surface area contributed by atoms with Gasteiger partial charge in [0, 0.05) is 20.0 Å². The van der Waals surface area contributed by atoms with E-state index in [9.17, 15) is 12.3 Å². The van der Waals surface area contributed by atoms with Crippen molar-refractivity contribution in [3.63, 3.8) is 0 Å². The first kappa shape index (κ1) is 12.4. The van der Waals surface area contributed by atoms with Crippen LogP contribution < -0.4 is 0 Å². The summed E-state index contributed by atoms with van der Waals surface area (Å²) in [5, 5.41) is 7.95. The Morgan fingerprint density at radius 2 is 2.12 bits per heavy atom. The summed E-state index contributed by atoms with van der Waals surface area (Å²) in [5.41, 5.74) is 0. The fourth-order valence-electron chi connectivity index (χ4n) is 1.94. The van der Waals surface area contributed by atoms with Crippen molar-refractivity contribution in [2.75, 3.05) is 7.05 Å². The third-order valence-corrected chi connectivity index (χ3v) is 3.80. The van der Waals surface area contributed by atoms with Gasteiger partial charge >= 0.3 is 10.4 Å². The maximum atomic E-state index is 12.7. The van der Waals surface area contributed by atoms with Gasteiger partial charge in [0.15, 0.2) is 0 Å². The minimum atomic E-state index is -4.66. The second-order valence-corrected chi connectivity index (χ2v) is 5.64. The molecule has 0 fully saturated rings. The van der Waals surface area contributed by atoms with Gasteiger partial charge in [-0.15, -0.1) is 10.2 Å². The number of halogens is 1. The van der Waals surface area contributed by atoms with Crippen LogP contribution in [0.25, 0.3) is 0 Å². The molecule has 0 bridgehead atoms. The maximum Gasteiger partial charge on any atom is 0.374 e. The van der Waals surface area contributed by atoms with E-state index in [-0.39, 0.29) is 6.54 Å². The molecular formula is C9H15FN4O2S. The Morgan fingerprint density at radius 3 is 2.82 bits per heavy atom. The molecule has 1 aliphatic heterocycles. The molecule has 96 valence electrons. The highest BCUT2D eigenvalue weighted by molar-refractivity contribution is 7.83. The SMILES string of the molecule is CN(Cc1nnc2n1CCCCC2)S(=O)(=O)F. The third kappa shape index (κ3) is 2.81. The lowest BCUT2D eigenvalue weighted by Gasteiger charge is -2.12. The second-order valence-electron chi connectivity index (χ2n) is 4.19. The minimum Gasteiger partial charge on any atom is -0.314 e. The molecule has 6 nitrogen and oxygen atoms in total. The molecule has 0 N–H and O–H groups in total. The highest BCUT2D eigenvalue weighted by Crippen LogP contribution is 2.16. The van der Waals surface area contributed by atoms with Crippen molar-refractivity contribution in [2.45, 2.75) is 38.8 Å². The normalized spacial score (nSPS) is 16.9. The topological polar surface area (TPSA) is 68.1 Å². The van der Waals surface area contributed by atoms with Gasteiger partial charge in [-0.25, -0.2) is 0 Å². The molecule has 0 atom stereocenters. The van der Waals surface area contributed by atoms with E-state index in [1.165, 1.54) is 7.05 Å². The first-order valence-electron chi connectivity index (χ1n) is 5.55. The Kier molecular flexibility index (Phi) is 3.43. The number of aromatic nitrogens is 3. The molecule has 0 amide bonds. The average Bonchev–Trinajstić information content (AvgIpc) is 2.48. The van der Waals surface area contributed by atoms with Gasteiger partial charge in [0.05, 0.1) is 6.54 Å². The zero-order chi connectivity index (χ0) is 12.5. The molecule has 0 aliphatic carbocycles. The molecule has 8 heteroatoms. The zero-order valence-corrected chi connectivity index (χ0v) is 10.5. The van der Waals surface area contributed by atoms with Crippen LogP contribution in [-0.2, 0) is 29.9 Å². The molecule has 0 saturated carbocycles. The fourth-order valence-corrected chi connectivity index (χ4v) is 2.21. The van der Waals surface area contributed by atoms with Crippen molar-refractivity contribution in [1.82, 2.24) is 19.1 Å². The van der Waals surface area contributed by atoms with Crippen molar-refractivity contribution in [3.8, 4) is 0 Å². The molecule has 0 unspecified atom stereocenters. The maximum absolute atomic E-state index is 12.7. The van der Waals surface area contributed by atoms with Crippen molar-refractivity contribution in [2.24, 2.45) is 0 Å². The number of hydrogen-bond acceptors (Lipinski definition) is 4. The summed E-state index contributed by atoms with van der Waals surface area (Å²) < 4.78 is 36.6. The van der Waals surface area contributed by atoms with E-state index in [1.54, 1.807) is 0 Å². The van der Waals surface area contributed by atoms with Crippen molar-refractivity contribution in [3.05, 3.63) is 11.6 Å². The largest absolute Gasteiger partial charge is 0.374 e. The molecule has 1 aromatic heterocycles. The van der Waals surface area contributed by atoms with Crippen LogP contribution in [0.15, 0.2) is 0 Å². The zero-order valence-electron chi connectivity index (χ0n) is 9.63. The molecule has 2 heterocycles. The number of rotatable bonds is 3. The number of nitrogens with zero attached hydrogens (tertiary/aromatic N) is 4. The average molecular weight is 262 g/mol. The van der Waals surface area contributed by atoms with Crippen LogP contribution in [0.3, 0.4) is 0 Å². The molecular weight excluding hydrogens is 247 g/mol. The summed E-state index contributed by atoms with van der Waals surface area (Å²) in [4.78, 5) is 0. The molecule has 1 aliphatic rings. The summed E-state index contributed by atoms with van der Waals surface area (Å²) in [6.45, 7) is 0.698. The van der Waals surface area contributed by atoms with Gasteiger partial charge < -0.3 is 4.57 Å². The quantitative estimate of drug-likeness (QED) is 0.750. The van der Waals surface area contributed by atoms with E-state index in [0.717, 1.165) is 38.1 Å². The van der Waals surface area contributed by atoms with Crippen molar-refractivity contribution >= 4 is 10.4 Å². The Balaban J connectivity index is 2.20. The van der Waals surface area contributed by atoms with E-state index in [1.807, 2.05) is 4.57 Å². The van der Waals surface area contributed by atoms with Crippen LogP contribution in [0.4, 0.5) is 3.89 Å². The van der Waals surface area contributed by atoms with Crippen LogP contribution in [0.1, 0.15) is 30.9 Å². The molecule has 0 saturated heterocycles. The van der Waals surface area contributed by atoms with E-state index in [2.05, 4.69) is 10.2 Å². The lowest BCUT2D eigenvalue weighted by atomic mass is 10.2. The van der Waals surface area contributed by atoms with Crippen LogP contribution in [0.5, 0.6) is 0 Å². The van der Waals surface area contributed by atoms with Crippen molar-refractivity contribution in [1.29, 1.82) is 0 Å². The standard InChI is InChI=1S/C9H15FN4O2S/c1-13(17(10,15)16)7-9-12-11-8-5-3-2-4-6-14(8)9/h2-7H2,1H3. The second kappa shape index (κ2) is 4.69. The van der Waals surface area contributed by atoms with Gasteiger partial charge in [0.2, 0.25) is 0 Å². The summed E-state index contributed by atoms with van der Waals surface area (Å²) in [6.07, 6.45) is 4.05. The monoisotopic (exact) mass is 262 g/mol. The van der Waals surface area contributed by atoms with Gasteiger partial charge in [-0.1, -0.05) is 10.3 Å².